The van der Waals surface area contributed by atoms with Gasteiger partial charge in [-0.25, -0.2) is 0 Å². The van der Waals surface area contributed by atoms with Crippen LogP contribution in [-0.4, -0.2) is 23.5 Å². The van der Waals surface area contributed by atoms with Crippen molar-refractivity contribution in [1.29, 1.82) is 0 Å². The molecule has 2 atom stereocenters. The monoisotopic (exact) mass is 212 g/mol. The van der Waals surface area contributed by atoms with E-state index in [-0.39, 0.29) is 0 Å². The standard InChI is InChI=1S/C11H20N2S/c1-9-5-2-3-6-10(9)13-11-12-7-4-8-14-11/h9-10H,2-8H2,1H3,(H,12,13)/t9-,10+/m1/s1. The summed E-state index contributed by atoms with van der Waals surface area (Å²) in [6.45, 7) is 3.39. The van der Waals surface area contributed by atoms with Crippen LogP contribution in [0.15, 0.2) is 4.99 Å². The molecule has 80 valence electrons. The number of thioether (sulfide) groups is 1. The van der Waals surface area contributed by atoms with Gasteiger partial charge in [0.1, 0.15) is 0 Å². The summed E-state index contributed by atoms with van der Waals surface area (Å²) in [5, 5.41) is 4.82. The highest BCUT2D eigenvalue weighted by molar-refractivity contribution is 8.13. The Morgan fingerprint density at radius 3 is 2.86 bits per heavy atom. The summed E-state index contributed by atoms with van der Waals surface area (Å²) in [6, 6.07) is 0.688. The van der Waals surface area contributed by atoms with Crippen LogP contribution in [0.4, 0.5) is 0 Å². The molecule has 3 heteroatoms. The van der Waals surface area contributed by atoms with Crippen molar-refractivity contribution in [2.75, 3.05) is 12.3 Å². The fraction of sp³-hybridized carbons (Fsp3) is 0.909. The Hall–Kier alpha value is -0.180. The molecule has 0 aromatic carbocycles. The molecule has 1 N–H and O–H groups in total. The van der Waals surface area contributed by atoms with Gasteiger partial charge in [0.2, 0.25) is 0 Å². The van der Waals surface area contributed by atoms with Gasteiger partial charge in [0.15, 0.2) is 5.17 Å². The third kappa shape index (κ3) is 2.66. The minimum Gasteiger partial charge on any atom is -0.362 e. The lowest BCUT2D eigenvalue weighted by molar-refractivity contribution is 0.309. The topological polar surface area (TPSA) is 24.4 Å². The van der Waals surface area contributed by atoms with Crippen LogP contribution in [0.5, 0.6) is 0 Å². The fourth-order valence-corrected chi connectivity index (χ4v) is 3.12. The van der Waals surface area contributed by atoms with Crippen LogP contribution in [-0.2, 0) is 0 Å². The summed E-state index contributed by atoms with van der Waals surface area (Å²) in [6.07, 6.45) is 6.77. The maximum atomic E-state index is 4.53. The van der Waals surface area contributed by atoms with Crippen molar-refractivity contribution in [3.05, 3.63) is 0 Å². The average molecular weight is 212 g/mol. The molecule has 2 rings (SSSR count). The zero-order valence-corrected chi connectivity index (χ0v) is 9.78. The predicted octanol–water partition coefficient (Wildman–Crippen LogP) is 2.65. The Labute approximate surface area is 90.9 Å². The summed E-state index contributed by atoms with van der Waals surface area (Å²) < 4.78 is 0. The highest BCUT2D eigenvalue weighted by atomic mass is 32.2. The first-order valence-corrected chi connectivity index (χ1v) is 6.78. The van der Waals surface area contributed by atoms with Crippen LogP contribution in [0.3, 0.4) is 0 Å². The zero-order valence-electron chi connectivity index (χ0n) is 8.96. The van der Waals surface area contributed by atoms with E-state index in [4.69, 9.17) is 0 Å². The lowest BCUT2D eigenvalue weighted by Gasteiger charge is -2.31. The molecule has 1 aliphatic carbocycles. The van der Waals surface area contributed by atoms with Crippen molar-refractivity contribution in [1.82, 2.24) is 5.32 Å². The summed E-state index contributed by atoms with van der Waals surface area (Å²) in [7, 11) is 0. The van der Waals surface area contributed by atoms with Gasteiger partial charge < -0.3 is 5.32 Å². The van der Waals surface area contributed by atoms with E-state index >= 15 is 0 Å². The maximum Gasteiger partial charge on any atom is 0.156 e. The third-order valence-electron chi connectivity index (χ3n) is 3.22. The van der Waals surface area contributed by atoms with Crippen molar-refractivity contribution >= 4 is 16.9 Å². The molecule has 1 aliphatic heterocycles. The first-order chi connectivity index (χ1) is 6.86. The van der Waals surface area contributed by atoms with Crippen LogP contribution in [0.1, 0.15) is 39.0 Å². The van der Waals surface area contributed by atoms with Crippen molar-refractivity contribution in [3.8, 4) is 0 Å². The van der Waals surface area contributed by atoms with E-state index in [0.717, 1.165) is 12.5 Å². The third-order valence-corrected chi connectivity index (χ3v) is 4.23. The molecule has 1 fully saturated rings. The van der Waals surface area contributed by atoms with E-state index in [1.165, 1.54) is 43.0 Å². The van der Waals surface area contributed by atoms with Crippen LogP contribution in [0, 0.1) is 5.92 Å². The number of nitrogens with zero attached hydrogens (tertiary/aromatic N) is 1. The van der Waals surface area contributed by atoms with Crippen molar-refractivity contribution < 1.29 is 0 Å². The number of hydrogen-bond donors (Lipinski definition) is 1. The Bertz CT molecular complexity index is 215. The Morgan fingerprint density at radius 1 is 1.29 bits per heavy atom. The Balaban J connectivity index is 1.85. The second-order valence-electron chi connectivity index (χ2n) is 4.40. The molecule has 14 heavy (non-hydrogen) atoms. The van der Waals surface area contributed by atoms with Gasteiger partial charge in [-0.2, -0.15) is 0 Å². The maximum absolute atomic E-state index is 4.53. The highest BCUT2D eigenvalue weighted by Crippen LogP contribution is 2.24. The molecule has 0 saturated heterocycles. The van der Waals surface area contributed by atoms with E-state index in [1.807, 2.05) is 11.8 Å². The second kappa shape index (κ2) is 5.06. The first kappa shape index (κ1) is 10.3. The van der Waals surface area contributed by atoms with E-state index in [0.29, 0.717) is 6.04 Å². The largest absolute Gasteiger partial charge is 0.362 e. The Kier molecular flexibility index (Phi) is 3.74. The molecule has 2 aliphatic rings. The first-order valence-electron chi connectivity index (χ1n) is 5.80. The smallest absolute Gasteiger partial charge is 0.156 e. The number of rotatable bonds is 1. The van der Waals surface area contributed by atoms with Crippen molar-refractivity contribution in [2.24, 2.45) is 10.9 Å². The predicted molar refractivity (Wildman–Crippen MR) is 63.9 cm³/mol. The number of aliphatic imine (C=N–C) groups is 1. The van der Waals surface area contributed by atoms with E-state index < -0.39 is 0 Å². The van der Waals surface area contributed by atoms with Gasteiger partial charge in [-0.05, 0) is 25.2 Å². The molecule has 1 saturated carbocycles. The van der Waals surface area contributed by atoms with Crippen molar-refractivity contribution in [3.63, 3.8) is 0 Å². The van der Waals surface area contributed by atoms with Gasteiger partial charge in [-0.15, -0.1) is 0 Å². The van der Waals surface area contributed by atoms with Gasteiger partial charge in [-0.3, -0.25) is 4.99 Å². The van der Waals surface area contributed by atoms with Gasteiger partial charge in [0, 0.05) is 18.3 Å². The molecule has 0 spiro atoms. The SMILES string of the molecule is C[C@@H]1CCCC[C@@H]1NC1=NCCCS1. The quantitative estimate of drug-likeness (QED) is 0.722. The molecule has 0 aromatic heterocycles. The van der Waals surface area contributed by atoms with Crippen LogP contribution in [0.2, 0.25) is 0 Å². The summed E-state index contributed by atoms with van der Waals surface area (Å²) >= 11 is 1.90. The van der Waals surface area contributed by atoms with E-state index in [2.05, 4.69) is 17.2 Å². The molecule has 1 heterocycles. The number of hydrogen-bond acceptors (Lipinski definition) is 3. The number of nitrogens with one attached hydrogen (secondary N) is 1. The molecular formula is C11H20N2S. The normalized spacial score (nSPS) is 33.6. The molecule has 0 bridgehead atoms. The van der Waals surface area contributed by atoms with Crippen molar-refractivity contribution in [2.45, 2.75) is 45.1 Å². The molecule has 0 unspecified atom stereocenters. The molecule has 0 aromatic rings. The summed E-state index contributed by atoms with van der Waals surface area (Å²) in [5.41, 5.74) is 0. The molecule has 0 amide bonds. The summed E-state index contributed by atoms with van der Waals surface area (Å²) in [4.78, 5) is 4.53. The van der Waals surface area contributed by atoms with Gasteiger partial charge in [-0.1, -0.05) is 31.5 Å². The zero-order chi connectivity index (χ0) is 9.80. The Morgan fingerprint density at radius 2 is 2.14 bits per heavy atom. The minimum absolute atomic E-state index is 0.688. The van der Waals surface area contributed by atoms with Crippen LogP contribution in [0.25, 0.3) is 0 Å². The molecule has 0 radical (unpaired) electrons. The summed E-state index contributed by atoms with van der Waals surface area (Å²) in [5.74, 6) is 2.07. The lowest BCUT2D eigenvalue weighted by atomic mass is 9.86. The number of amidine groups is 1. The minimum atomic E-state index is 0.688. The molecule has 2 nitrogen and oxygen atoms in total. The van der Waals surface area contributed by atoms with Gasteiger partial charge in [0.25, 0.3) is 0 Å². The van der Waals surface area contributed by atoms with Crippen LogP contribution < -0.4 is 5.32 Å². The van der Waals surface area contributed by atoms with Gasteiger partial charge >= 0.3 is 0 Å². The van der Waals surface area contributed by atoms with E-state index in [1.54, 1.807) is 0 Å². The highest BCUT2D eigenvalue weighted by Gasteiger charge is 2.22. The van der Waals surface area contributed by atoms with Gasteiger partial charge in [0.05, 0.1) is 0 Å². The molecular weight excluding hydrogens is 192 g/mol. The second-order valence-corrected chi connectivity index (χ2v) is 5.49. The van der Waals surface area contributed by atoms with Crippen LogP contribution >= 0.6 is 11.8 Å². The van der Waals surface area contributed by atoms with E-state index in [9.17, 15) is 0 Å². The lowest BCUT2D eigenvalue weighted by Crippen LogP contribution is -2.40. The fourth-order valence-electron chi connectivity index (χ4n) is 2.24. The average Bonchev–Trinajstić information content (AvgIpc) is 2.23.